The maximum absolute atomic E-state index is 11.2. The van der Waals surface area contributed by atoms with Gasteiger partial charge in [0.1, 0.15) is 7.05 Å². The molecule has 37 heavy (non-hydrogen) atoms. The zero-order chi connectivity index (χ0) is 25.7. The van der Waals surface area contributed by atoms with Crippen molar-refractivity contribution in [1.29, 1.82) is 0 Å². The molecule has 0 aliphatic carbocycles. The number of para-hydroxylation sites is 1. The Kier molecular flexibility index (Phi) is 5.64. The van der Waals surface area contributed by atoms with Crippen molar-refractivity contribution in [2.24, 2.45) is 0 Å². The Morgan fingerprint density at radius 2 is 1.73 bits per heavy atom. The lowest BCUT2D eigenvalue weighted by Crippen LogP contribution is -2.34. The first-order valence-electron chi connectivity index (χ1n) is 12.5. The Balaban J connectivity index is 1.45. The lowest BCUT2D eigenvalue weighted by molar-refractivity contribution is -0.401. The van der Waals surface area contributed by atoms with Crippen LogP contribution in [-0.4, -0.2) is 28.8 Å². The van der Waals surface area contributed by atoms with E-state index in [0.717, 1.165) is 18.5 Å². The number of allylic oxidation sites excluding steroid dienone is 1. The zero-order valence-electron chi connectivity index (χ0n) is 21.1. The number of non-ortho nitro benzene ring substituents is 1. The van der Waals surface area contributed by atoms with Crippen molar-refractivity contribution in [2.45, 2.75) is 30.6 Å². The van der Waals surface area contributed by atoms with E-state index in [-0.39, 0.29) is 16.0 Å². The van der Waals surface area contributed by atoms with Crippen LogP contribution in [0.4, 0.5) is 17.1 Å². The molecule has 6 rings (SSSR count). The van der Waals surface area contributed by atoms with Crippen LogP contribution in [0.25, 0.3) is 10.8 Å². The third kappa shape index (κ3) is 3.75. The van der Waals surface area contributed by atoms with Crippen molar-refractivity contribution < 1.29 is 9.50 Å². The first kappa shape index (κ1) is 23.5. The van der Waals surface area contributed by atoms with Crippen molar-refractivity contribution in [3.63, 3.8) is 0 Å². The fraction of sp³-hybridized carbons (Fsp3) is 0.194. The summed E-state index contributed by atoms with van der Waals surface area (Å²) < 4.78 is 2.31. The number of hydrogen-bond donors (Lipinski definition) is 0. The minimum absolute atomic E-state index is 0.120. The molecule has 1 unspecified atom stereocenters. The minimum atomic E-state index is -0.343. The van der Waals surface area contributed by atoms with E-state index in [1.807, 2.05) is 23.9 Å². The minimum Gasteiger partial charge on any atom is -0.335 e. The van der Waals surface area contributed by atoms with Crippen molar-refractivity contribution in [3.05, 3.63) is 117 Å². The van der Waals surface area contributed by atoms with Gasteiger partial charge in [0.25, 0.3) is 5.69 Å². The number of anilines is 1. The summed E-state index contributed by atoms with van der Waals surface area (Å²) in [6.45, 7) is 5.38. The maximum atomic E-state index is 11.2. The monoisotopic (exact) mass is 506 g/mol. The number of nitro benzene ring substituents is 1. The van der Waals surface area contributed by atoms with Gasteiger partial charge in [-0.1, -0.05) is 72.4 Å². The van der Waals surface area contributed by atoms with Gasteiger partial charge in [-0.05, 0) is 42.7 Å². The second-order valence-electron chi connectivity index (χ2n) is 9.86. The number of benzene rings is 4. The number of rotatable bonds is 5. The van der Waals surface area contributed by atoms with Gasteiger partial charge in [0.05, 0.1) is 21.1 Å². The molecule has 0 radical (unpaired) electrons. The van der Waals surface area contributed by atoms with E-state index in [1.165, 1.54) is 43.3 Å². The van der Waals surface area contributed by atoms with Crippen LogP contribution in [-0.2, 0) is 11.8 Å². The molecule has 0 saturated carbocycles. The Labute approximate surface area is 220 Å². The number of thioether (sulfide) groups is 1. The fourth-order valence-corrected chi connectivity index (χ4v) is 7.13. The van der Waals surface area contributed by atoms with E-state index in [2.05, 4.69) is 97.1 Å². The highest BCUT2D eigenvalue weighted by atomic mass is 32.2. The number of hydrogen-bond acceptors (Lipinski definition) is 4. The molecule has 6 heteroatoms. The van der Waals surface area contributed by atoms with Gasteiger partial charge in [-0.25, -0.2) is 0 Å². The number of nitrogens with zero attached hydrogens (tertiary/aromatic N) is 3. The number of fused-ring (bicyclic) bond motifs is 4. The molecular weight excluding hydrogens is 478 g/mol. The molecule has 0 spiro atoms. The van der Waals surface area contributed by atoms with Crippen molar-refractivity contribution in [1.82, 2.24) is 0 Å². The Hall–Kier alpha value is -3.90. The van der Waals surface area contributed by atoms with Crippen molar-refractivity contribution >= 4 is 45.3 Å². The molecule has 0 amide bonds. The molecule has 2 aliphatic heterocycles. The predicted octanol–water partition coefficient (Wildman–Crippen LogP) is 7.45. The molecule has 0 fully saturated rings. The lowest BCUT2D eigenvalue weighted by atomic mass is 9.74. The quantitative estimate of drug-likeness (QED) is 0.160. The highest BCUT2D eigenvalue weighted by molar-refractivity contribution is 8.04. The van der Waals surface area contributed by atoms with Gasteiger partial charge < -0.3 is 4.90 Å². The van der Waals surface area contributed by atoms with Crippen LogP contribution in [0.15, 0.2) is 101 Å². The van der Waals surface area contributed by atoms with Crippen molar-refractivity contribution in [2.75, 3.05) is 18.5 Å². The molecular formula is C31H28N3O2S+. The zero-order valence-corrected chi connectivity index (χ0v) is 22.0. The van der Waals surface area contributed by atoms with Gasteiger partial charge in [0.15, 0.2) is 5.71 Å². The van der Waals surface area contributed by atoms with Gasteiger partial charge in [-0.2, -0.15) is 4.58 Å². The normalized spacial score (nSPS) is 19.5. The van der Waals surface area contributed by atoms with Gasteiger partial charge in [0, 0.05) is 41.3 Å². The van der Waals surface area contributed by atoms with Crippen LogP contribution < -0.4 is 4.90 Å². The summed E-state index contributed by atoms with van der Waals surface area (Å²) in [5.74, 6) is 0. The largest absolute Gasteiger partial charge is 0.335 e. The molecule has 2 aliphatic rings. The molecule has 4 aromatic rings. The van der Waals surface area contributed by atoms with Crippen LogP contribution in [0.2, 0.25) is 0 Å². The molecule has 2 heterocycles. The average Bonchev–Trinajstić information content (AvgIpc) is 3.38. The van der Waals surface area contributed by atoms with Gasteiger partial charge in [-0.15, -0.1) is 0 Å². The molecule has 0 bridgehead atoms. The second-order valence-corrected chi connectivity index (χ2v) is 10.9. The highest BCUT2D eigenvalue weighted by Crippen LogP contribution is 2.50. The second kappa shape index (κ2) is 8.89. The van der Waals surface area contributed by atoms with E-state index in [0.29, 0.717) is 0 Å². The molecule has 0 saturated heterocycles. The van der Waals surface area contributed by atoms with Crippen molar-refractivity contribution in [3.8, 4) is 0 Å². The highest BCUT2D eigenvalue weighted by Gasteiger charge is 2.47. The molecule has 4 aromatic carbocycles. The summed E-state index contributed by atoms with van der Waals surface area (Å²) in [4.78, 5) is 14.6. The van der Waals surface area contributed by atoms with Crippen LogP contribution in [0.1, 0.15) is 25.0 Å². The molecule has 1 atom stereocenters. The third-order valence-corrected chi connectivity index (χ3v) is 8.87. The van der Waals surface area contributed by atoms with Crippen LogP contribution in [0, 0.1) is 10.1 Å². The smallest absolute Gasteiger partial charge is 0.269 e. The van der Waals surface area contributed by atoms with E-state index >= 15 is 0 Å². The average molecular weight is 507 g/mol. The maximum Gasteiger partial charge on any atom is 0.269 e. The Morgan fingerprint density at radius 3 is 2.49 bits per heavy atom. The Bertz CT molecular complexity index is 1620. The summed E-state index contributed by atoms with van der Waals surface area (Å²) in [5, 5.41) is 14.9. The molecule has 0 N–H and O–H groups in total. The Morgan fingerprint density at radius 1 is 1.00 bits per heavy atom. The standard InChI is InChI=1S/C31H28N3O2S/c1-4-33-27-18-15-22-9-5-6-10-24(22)30(27)37-29(33)19-28-31(2,25-11-7-8-12-26(25)32(28)3)20-21-13-16-23(17-14-21)34(35)36/h5-19H,4,20H2,1-3H3/q+1. The molecule has 184 valence electrons. The van der Waals surface area contributed by atoms with Crippen LogP contribution in [0.5, 0.6) is 0 Å². The lowest BCUT2D eigenvalue weighted by Gasteiger charge is -2.24. The first-order valence-corrected chi connectivity index (χ1v) is 13.3. The van der Waals surface area contributed by atoms with Crippen LogP contribution in [0.3, 0.4) is 0 Å². The predicted molar refractivity (Wildman–Crippen MR) is 152 cm³/mol. The summed E-state index contributed by atoms with van der Waals surface area (Å²) in [6.07, 6.45) is 3.10. The third-order valence-electron chi connectivity index (χ3n) is 7.69. The summed E-state index contributed by atoms with van der Waals surface area (Å²) in [5.41, 5.74) is 5.87. The van der Waals surface area contributed by atoms with E-state index in [4.69, 9.17) is 0 Å². The van der Waals surface area contributed by atoms with E-state index < -0.39 is 0 Å². The molecule has 0 aromatic heterocycles. The van der Waals surface area contributed by atoms with Gasteiger partial charge in [0.2, 0.25) is 5.69 Å². The topological polar surface area (TPSA) is 49.4 Å². The molecule has 5 nitrogen and oxygen atoms in total. The van der Waals surface area contributed by atoms with Gasteiger partial charge in [-0.3, -0.25) is 10.1 Å². The fourth-order valence-electron chi connectivity index (χ4n) is 5.84. The summed E-state index contributed by atoms with van der Waals surface area (Å²) in [7, 11) is 2.14. The first-order chi connectivity index (χ1) is 17.9. The van der Waals surface area contributed by atoms with Crippen LogP contribution >= 0.6 is 11.8 Å². The summed E-state index contributed by atoms with van der Waals surface area (Å²) in [6, 6.07) is 28.6. The van der Waals surface area contributed by atoms with Gasteiger partial charge >= 0.3 is 0 Å². The van der Waals surface area contributed by atoms with E-state index in [1.54, 1.807) is 12.1 Å². The SMILES string of the molecule is CCN1/C(=C/C2=[N+](C)c3ccccc3C2(C)Cc2ccc([N+](=O)[O-])cc2)Sc2c1ccc1ccccc21. The van der Waals surface area contributed by atoms with E-state index in [9.17, 15) is 10.1 Å². The number of nitro groups is 1. The summed E-state index contributed by atoms with van der Waals surface area (Å²) >= 11 is 1.84.